The van der Waals surface area contributed by atoms with Gasteiger partial charge in [0.2, 0.25) is 17.7 Å². The Hall–Kier alpha value is -4.79. The Labute approximate surface area is 316 Å². The van der Waals surface area contributed by atoms with Crippen molar-refractivity contribution in [3.63, 3.8) is 0 Å². The van der Waals surface area contributed by atoms with E-state index in [0.29, 0.717) is 54.4 Å². The van der Waals surface area contributed by atoms with E-state index in [1.807, 2.05) is 24.3 Å². The van der Waals surface area contributed by atoms with Gasteiger partial charge < -0.3 is 35.6 Å². The first-order valence-corrected chi connectivity index (χ1v) is 17.9. The Kier molecular flexibility index (Phi) is 11.8. The number of nitrogens with zero attached hydrogens (tertiary/aromatic N) is 2. The number of carboxylic acids is 1. The van der Waals surface area contributed by atoms with E-state index in [2.05, 4.69) is 31.2 Å². The van der Waals surface area contributed by atoms with E-state index in [4.69, 9.17) is 32.7 Å². The van der Waals surface area contributed by atoms with E-state index in [1.54, 1.807) is 37.4 Å². The lowest BCUT2D eigenvalue weighted by molar-refractivity contribution is -0.146. The summed E-state index contributed by atoms with van der Waals surface area (Å²) < 4.78 is 12.0. The van der Waals surface area contributed by atoms with E-state index in [9.17, 15) is 24.6 Å². The van der Waals surface area contributed by atoms with Crippen molar-refractivity contribution in [3.05, 3.63) is 98.7 Å². The average Bonchev–Trinajstić information content (AvgIpc) is 3.77. The van der Waals surface area contributed by atoms with Gasteiger partial charge in [0.1, 0.15) is 22.5 Å². The quantitative estimate of drug-likeness (QED) is 0.0951. The molecule has 2 aromatic heterocycles. The Balaban J connectivity index is 1.13. The SMILES string of the molecule is COc1nc(O[C@H]2CCc3c(-c4cccc(C(=O)Nc5ccc(CN[C@@](C)(CO)C(=O)O)cn5)c4Cl)cccc32)c(Cl)cc1CNC[C@@H]1CCC(=O)N1. The van der Waals surface area contributed by atoms with Crippen molar-refractivity contribution in [2.75, 3.05) is 25.6 Å². The molecule has 1 saturated heterocycles. The van der Waals surface area contributed by atoms with Gasteiger partial charge in [-0.1, -0.05) is 59.6 Å². The van der Waals surface area contributed by atoms with Gasteiger partial charge in [-0.15, -0.1) is 0 Å². The number of hydrogen-bond donors (Lipinski definition) is 6. The fourth-order valence-corrected chi connectivity index (χ4v) is 6.95. The van der Waals surface area contributed by atoms with E-state index in [-0.39, 0.29) is 46.9 Å². The Morgan fingerprint density at radius 2 is 1.83 bits per heavy atom. The fraction of sp³-hybridized carbons (Fsp3) is 0.342. The predicted molar refractivity (Wildman–Crippen MR) is 199 cm³/mol. The van der Waals surface area contributed by atoms with Gasteiger partial charge in [-0.05, 0) is 66.6 Å². The molecular weight excluding hydrogens is 723 g/mol. The van der Waals surface area contributed by atoms with Crippen LogP contribution in [-0.2, 0) is 29.1 Å². The zero-order chi connectivity index (χ0) is 37.7. The van der Waals surface area contributed by atoms with Gasteiger partial charge in [0.25, 0.3) is 5.91 Å². The lowest BCUT2D eigenvalue weighted by atomic mass is 9.95. The van der Waals surface area contributed by atoms with Crippen LogP contribution in [0.2, 0.25) is 10.0 Å². The molecule has 2 amide bonds. The Morgan fingerprint density at radius 1 is 1.04 bits per heavy atom. The van der Waals surface area contributed by atoms with Crippen molar-refractivity contribution in [3.8, 4) is 22.9 Å². The molecule has 4 aromatic rings. The smallest absolute Gasteiger partial charge is 0.326 e. The number of pyridine rings is 2. The van der Waals surface area contributed by atoms with Crippen molar-refractivity contribution in [2.45, 2.75) is 63.4 Å². The van der Waals surface area contributed by atoms with Gasteiger partial charge in [-0.25, -0.2) is 4.98 Å². The van der Waals surface area contributed by atoms with Crippen molar-refractivity contribution >= 4 is 46.8 Å². The number of aliphatic hydroxyl groups is 1. The maximum Gasteiger partial charge on any atom is 0.326 e. The molecule has 3 heterocycles. The highest BCUT2D eigenvalue weighted by atomic mass is 35.5. The normalized spacial score (nSPS) is 17.5. The molecule has 1 aliphatic heterocycles. The molecule has 2 aliphatic rings. The third kappa shape index (κ3) is 8.55. The van der Waals surface area contributed by atoms with E-state index >= 15 is 0 Å². The molecule has 15 heteroatoms. The second-order valence-electron chi connectivity index (χ2n) is 13.2. The van der Waals surface area contributed by atoms with Gasteiger partial charge in [0, 0.05) is 49.4 Å². The maximum atomic E-state index is 13.4. The zero-order valence-electron chi connectivity index (χ0n) is 29.2. The van der Waals surface area contributed by atoms with Crippen molar-refractivity contribution in [2.24, 2.45) is 0 Å². The van der Waals surface area contributed by atoms with Crippen LogP contribution in [-0.4, -0.2) is 69.8 Å². The highest BCUT2D eigenvalue weighted by Crippen LogP contribution is 2.43. The molecule has 0 radical (unpaired) electrons. The van der Waals surface area contributed by atoms with Crippen molar-refractivity contribution < 1.29 is 34.1 Å². The summed E-state index contributed by atoms with van der Waals surface area (Å²) in [5.41, 5.74) is 3.81. The van der Waals surface area contributed by atoms with Gasteiger partial charge in [0.15, 0.2) is 0 Å². The summed E-state index contributed by atoms with van der Waals surface area (Å²) in [5, 5.41) is 31.3. The summed E-state index contributed by atoms with van der Waals surface area (Å²) in [7, 11) is 1.54. The van der Waals surface area contributed by atoms with Gasteiger partial charge >= 0.3 is 5.97 Å². The van der Waals surface area contributed by atoms with Crippen LogP contribution >= 0.6 is 23.2 Å². The Morgan fingerprint density at radius 3 is 2.53 bits per heavy atom. The minimum atomic E-state index is -1.50. The van der Waals surface area contributed by atoms with Gasteiger partial charge in [-0.2, -0.15) is 4.98 Å². The summed E-state index contributed by atoms with van der Waals surface area (Å²) in [5.74, 6) is -0.605. The topological polar surface area (TPSA) is 184 Å². The molecular formula is C38H40Cl2N6O7. The second-order valence-corrected chi connectivity index (χ2v) is 14.0. The van der Waals surface area contributed by atoms with Crippen molar-refractivity contribution in [1.29, 1.82) is 0 Å². The lowest BCUT2D eigenvalue weighted by Gasteiger charge is -2.23. The minimum absolute atomic E-state index is 0.0683. The van der Waals surface area contributed by atoms with E-state index < -0.39 is 24.0 Å². The first kappa shape index (κ1) is 38.0. The maximum absolute atomic E-state index is 13.4. The number of methoxy groups -OCH3 is 1. The standard InChI is InChI=1S/C38H40Cl2N6O7/c1-38(20-47,37(50)51)43-17-21-9-13-31(42-16-21)45-34(49)28-8-4-7-27(33(28)40)24-5-3-6-26-25(24)11-12-30(26)53-36-29(39)15-22(35(46-36)52-2)18-41-19-23-10-14-32(48)44-23/h3-9,13,15-16,23,30,41,43,47H,10-12,14,17-20H2,1-2H3,(H,44,48)(H,50,51)(H,42,45,49)/t23-,30-,38-/m0/s1. The molecule has 0 saturated carbocycles. The third-order valence-electron chi connectivity index (χ3n) is 9.51. The monoisotopic (exact) mass is 762 g/mol. The zero-order valence-corrected chi connectivity index (χ0v) is 30.7. The summed E-state index contributed by atoms with van der Waals surface area (Å²) in [4.78, 5) is 45.2. The van der Waals surface area contributed by atoms with Crippen LogP contribution in [0.1, 0.15) is 64.9 Å². The van der Waals surface area contributed by atoms with E-state index in [0.717, 1.165) is 28.7 Å². The molecule has 278 valence electrons. The molecule has 2 aromatic carbocycles. The number of aromatic nitrogens is 2. The van der Waals surface area contributed by atoms with Crippen LogP contribution in [0.3, 0.4) is 0 Å². The molecule has 0 spiro atoms. The van der Waals surface area contributed by atoms with Crippen molar-refractivity contribution in [1.82, 2.24) is 25.9 Å². The summed E-state index contributed by atoms with van der Waals surface area (Å²) in [6.45, 7) is 2.04. The summed E-state index contributed by atoms with van der Waals surface area (Å²) >= 11 is 13.6. The van der Waals surface area contributed by atoms with E-state index in [1.165, 1.54) is 13.1 Å². The number of hydrogen-bond acceptors (Lipinski definition) is 10. The fourth-order valence-electron chi connectivity index (χ4n) is 6.42. The van der Waals surface area contributed by atoms with Gasteiger partial charge in [-0.3, -0.25) is 19.7 Å². The number of rotatable bonds is 15. The summed E-state index contributed by atoms with van der Waals surface area (Å²) in [6, 6.07) is 16.4. The number of ether oxygens (including phenoxy) is 2. The highest BCUT2D eigenvalue weighted by molar-refractivity contribution is 6.37. The number of fused-ring (bicyclic) bond motifs is 1. The predicted octanol–water partition coefficient (Wildman–Crippen LogP) is 5.07. The third-order valence-corrected chi connectivity index (χ3v) is 10.2. The largest absolute Gasteiger partial charge is 0.481 e. The van der Waals surface area contributed by atoms with Crippen LogP contribution in [0.15, 0.2) is 60.8 Å². The molecule has 0 bridgehead atoms. The number of aliphatic carboxylic acids is 1. The molecule has 53 heavy (non-hydrogen) atoms. The van der Waals surface area contributed by atoms with Crippen LogP contribution in [0.4, 0.5) is 5.82 Å². The van der Waals surface area contributed by atoms with Gasteiger partial charge in [0.05, 0.1) is 24.3 Å². The lowest BCUT2D eigenvalue weighted by Crippen LogP contribution is -2.52. The van der Waals surface area contributed by atoms with Crippen LogP contribution in [0.5, 0.6) is 11.8 Å². The van der Waals surface area contributed by atoms with Crippen LogP contribution in [0.25, 0.3) is 11.1 Å². The molecule has 1 fully saturated rings. The number of nitrogens with one attached hydrogen (secondary N) is 4. The minimum Gasteiger partial charge on any atom is -0.481 e. The molecule has 6 N–H and O–H groups in total. The molecule has 0 unspecified atom stereocenters. The molecule has 3 atom stereocenters. The number of aliphatic hydroxyl groups excluding tert-OH is 1. The number of anilines is 1. The molecule has 6 rings (SSSR count). The highest BCUT2D eigenvalue weighted by Gasteiger charge is 2.32. The average molecular weight is 764 g/mol. The number of carboxylic acid groups (broad SMARTS) is 1. The Bertz CT molecular complexity index is 2010. The van der Waals surface area contributed by atoms with Crippen LogP contribution in [0, 0.1) is 0 Å². The number of carbonyl (C=O) groups excluding carboxylic acids is 2. The molecule has 13 nitrogen and oxygen atoms in total. The number of benzene rings is 2. The first-order chi connectivity index (χ1) is 25.5. The van der Waals surface area contributed by atoms with Crippen LogP contribution < -0.4 is 30.7 Å². The summed E-state index contributed by atoms with van der Waals surface area (Å²) in [6.07, 6.45) is 3.90. The second kappa shape index (κ2) is 16.5. The number of amides is 2. The number of halogens is 2. The number of carbonyl (C=O) groups is 3. The first-order valence-electron chi connectivity index (χ1n) is 17.2. The molecule has 1 aliphatic carbocycles.